The third kappa shape index (κ3) is 4.93. The first-order valence-corrected chi connectivity index (χ1v) is 10.7. The molecule has 0 saturated heterocycles. The second-order valence-corrected chi connectivity index (χ2v) is 7.64. The van der Waals surface area contributed by atoms with Gasteiger partial charge in [0.05, 0.1) is 11.4 Å². The minimum Gasteiger partial charge on any atom is -0.451 e. The minimum absolute atomic E-state index is 0.0359. The molecule has 0 bridgehead atoms. The van der Waals surface area contributed by atoms with Crippen LogP contribution in [-0.2, 0) is 21.4 Å². The van der Waals surface area contributed by atoms with Gasteiger partial charge in [0.25, 0.3) is 11.5 Å². The number of aryl methyl sites for hydroxylation is 1. The fourth-order valence-electron chi connectivity index (χ4n) is 3.46. The molecule has 0 unspecified atom stereocenters. The molecule has 11 nitrogen and oxygen atoms in total. The zero-order chi connectivity index (χ0) is 24.9. The van der Waals surface area contributed by atoms with E-state index in [0.29, 0.717) is 17.2 Å². The Morgan fingerprint density at radius 3 is 2.31 bits per heavy atom. The van der Waals surface area contributed by atoms with Gasteiger partial charge in [0.15, 0.2) is 18.1 Å². The summed E-state index contributed by atoms with van der Waals surface area (Å²) in [6.07, 6.45) is 1.56. The van der Waals surface area contributed by atoms with Gasteiger partial charge in [0.1, 0.15) is 5.69 Å². The van der Waals surface area contributed by atoms with Crippen LogP contribution in [0, 0.1) is 13.8 Å². The van der Waals surface area contributed by atoms with Crippen molar-refractivity contribution in [1.29, 1.82) is 0 Å². The second kappa shape index (κ2) is 10.00. The molecule has 0 radical (unpaired) electrons. The number of rotatable bonds is 7. The van der Waals surface area contributed by atoms with Crippen LogP contribution in [0.25, 0.3) is 17.5 Å². The molecule has 178 valence electrons. The number of aromatic nitrogens is 6. The first-order chi connectivity index (χ1) is 16.9. The van der Waals surface area contributed by atoms with Gasteiger partial charge in [-0.15, -0.1) is 5.10 Å². The van der Waals surface area contributed by atoms with Gasteiger partial charge in [-0.25, -0.2) is 9.48 Å². The molecule has 0 fully saturated rings. The molecule has 2 heterocycles. The number of anilines is 1. The molecular formula is C24H23N7O4. The SMILES string of the molecule is Cc1nnnn1/C(=C\c1ccccc1)C(=O)OCC(=O)Nc1c(C)n(C)n(-c2ccccc2)c1=O. The second-order valence-electron chi connectivity index (χ2n) is 7.64. The number of benzene rings is 2. The van der Waals surface area contributed by atoms with Crippen LogP contribution < -0.4 is 10.9 Å². The number of ether oxygens (including phenoxy) is 1. The number of amides is 1. The van der Waals surface area contributed by atoms with Gasteiger partial charge in [0, 0.05) is 7.05 Å². The van der Waals surface area contributed by atoms with E-state index in [1.165, 1.54) is 9.36 Å². The summed E-state index contributed by atoms with van der Waals surface area (Å²) in [5.74, 6) is -1.09. The molecule has 0 spiro atoms. The normalized spacial score (nSPS) is 11.3. The summed E-state index contributed by atoms with van der Waals surface area (Å²) in [5, 5.41) is 13.8. The summed E-state index contributed by atoms with van der Waals surface area (Å²) >= 11 is 0. The van der Waals surface area contributed by atoms with Crippen molar-refractivity contribution in [3.8, 4) is 5.69 Å². The number of hydrogen-bond donors (Lipinski definition) is 1. The van der Waals surface area contributed by atoms with Gasteiger partial charge < -0.3 is 10.1 Å². The van der Waals surface area contributed by atoms with E-state index < -0.39 is 24.0 Å². The highest BCUT2D eigenvalue weighted by atomic mass is 16.5. The zero-order valence-corrected chi connectivity index (χ0v) is 19.4. The first kappa shape index (κ1) is 23.4. The highest BCUT2D eigenvalue weighted by molar-refractivity contribution is 6.15. The van der Waals surface area contributed by atoms with Crippen molar-refractivity contribution in [2.75, 3.05) is 11.9 Å². The van der Waals surface area contributed by atoms with Gasteiger partial charge in [-0.05, 0) is 48.0 Å². The van der Waals surface area contributed by atoms with E-state index in [9.17, 15) is 14.4 Å². The lowest BCUT2D eigenvalue weighted by Crippen LogP contribution is -2.26. The lowest BCUT2D eigenvalue weighted by Gasteiger charge is -2.09. The van der Waals surface area contributed by atoms with Crippen molar-refractivity contribution in [2.24, 2.45) is 7.05 Å². The van der Waals surface area contributed by atoms with Crippen LogP contribution in [0.1, 0.15) is 17.1 Å². The molecule has 4 rings (SSSR count). The highest BCUT2D eigenvalue weighted by Crippen LogP contribution is 2.15. The smallest absolute Gasteiger partial charge is 0.357 e. The summed E-state index contributed by atoms with van der Waals surface area (Å²) < 4.78 is 9.55. The van der Waals surface area contributed by atoms with Crippen molar-refractivity contribution >= 4 is 29.3 Å². The predicted molar refractivity (Wildman–Crippen MR) is 128 cm³/mol. The van der Waals surface area contributed by atoms with Crippen LogP contribution in [0.3, 0.4) is 0 Å². The molecule has 11 heteroatoms. The van der Waals surface area contributed by atoms with Crippen molar-refractivity contribution in [2.45, 2.75) is 13.8 Å². The number of carbonyl (C=O) groups excluding carboxylic acids is 2. The standard InChI is InChI=1S/C24H23N7O4/c1-16-22(23(33)31(29(16)3)19-12-8-5-9-13-19)25-21(32)15-35-24(34)20(30-17(2)26-27-28-30)14-18-10-6-4-7-11-18/h4-14H,15H2,1-3H3,(H,25,32)/b20-14-. The summed E-state index contributed by atoms with van der Waals surface area (Å²) in [4.78, 5) is 38.4. The van der Waals surface area contributed by atoms with Gasteiger partial charge >= 0.3 is 5.97 Å². The lowest BCUT2D eigenvalue weighted by atomic mass is 10.2. The van der Waals surface area contributed by atoms with Crippen molar-refractivity contribution in [1.82, 2.24) is 29.6 Å². The molecule has 2 aromatic heterocycles. The van der Waals surface area contributed by atoms with Crippen LogP contribution >= 0.6 is 0 Å². The zero-order valence-electron chi connectivity index (χ0n) is 19.4. The molecule has 0 aliphatic carbocycles. The highest BCUT2D eigenvalue weighted by Gasteiger charge is 2.21. The molecule has 4 aromatic rings. The molecule has 0 atom stereocenters. The predicted octanol–water partition coefficient (Wildman–Crippen LogP) is 1.96. The Kier molecular flexibility index (Phi) is 6.67. The number of para-hydroxylation sites is 1. The van der Waals surface area contributed by atoms with E-state index in [0.717, 1.165) is 5.56 Å². The fourth-order valence-corrected chi connectivity index (χ4v) is 3.46. The minimum atomic E-state index is -0.800. The van der Waals surface area contributed by atoms with E-state index >= 15 is 0 Å². The van der Waals surface area contributed by atoms with E-state index in [-0.39, 0.29) is 11.4 Å². The van der Waals surface area contributed by atoms with Crippen LogP contribution in [0.2, 0.25) is 0 Å². The van der Waals surface area contributed by atoms with Crippen molar-refractivity contribution < 1.29 is 14.3 Å². The monoisotopic (exact) mass is 473 g/mol. The Morgan fingerprint density at radius 1 is 1.03 bits per heavy atom. The molecule has 0 aliphatic heterocycles. The summed E-state index contributed by atoms with van der Waals surface area (Å²) in [6, 6.07) is 18.1. The van der Waals surface area contributed by atoms with Gasteiger partial charge in [-0.2, -0.15) is 4.68 Å². The molecule has 1 amide bonds. The van der Waals surface area contributed by atoms with Crippen molar-refractivity contribution in [3.05, 3.63) is 88.1 Å². The first-order valence-electron chi connectivity index (χ1n) is 10.7. The van der Waals surface area contributed by atoms with Gasteiger partial charge in [0.2, 0.25) is 0 Å². The van der Waals surface area contributed by atoms with Crippen LogP contribution in [0.5, 0.6) is 0 Å². The number of esters is 1. The average Bonchev–Trinajstić information content (AvgIpc) is 3.38. The van der Waals surface area contributed by atoms with Crippen LogP contribution in [0.15, 0.2) is 65.5 Å². The summed E-state index contributed by atoms with van der Waals surface area (Å²) in [7, 11) is 1.72. The Morgan fingerprint density at radius 2 is 1.69 bits per heavy atom. The number of carbonyl (C=O) groups is 2. The summed E-state index contributed by atoms with van der Waals surface area (Å²) in [5.41, 5.74) is 1.67. The number of tetrazole rings is 1. The molecule has 0 saturated carbocycles. The molecule has 1 N–H and O–H groups in total. The summed E-state index contributed by atoms with van der Waals surface area (Å²) in [6.45, 7) is 2.74. The Hall–Kier alpha value is -4.80. The average molecular weight is 473 g/mol. The van der Waals surface area contributed by atoms with Crippen LogP contribution in [0.4, 0.5) is 5.69 Å². The lowest BCUT2D eigenvalue weighted by molar-refractivity contribution is -0.141. The van der Waals surface area contributed by atoms with Gasteiger partial charge in [-0.3, -0.25) is 14.3 Å². The maximum atomic E-state index is 13.0. The fraction of sp³-hybridized carbons (Fsp3) is 0.167. The van der Waals surface area contributed by atoms with E-state index in [1.807, 2.05) is 36.4 Å². The van der Waals surface area contributed by atoms with Crippen LogP contribution in [-0.4, -0.2) is 48.1 Å². The number of hydrogen-bond acceptors (Lipinski definition) is 7. The maximum Gasteiger partial charge on any atom is 0.357 e. The Balaban J connectivity index is 1.51. The van der Waals surface area contributed by atoms with Crippen molar-refractivity contribution in [3.63, 3.8) is 0 Å². The number of nitrogens with zero attached hydrogens (tertiary/aromatic N) is 6. The van der Waals surface area contributed by atoms with E-state index in [4.69, 9.17) is 4.74 Å². The number of nitrogens with one attached hydrogen (secondary N) is 1. The third-order valence-electron chi connectivity index (χ3n) is 5.32. The quantitative estimate of drug-likeness (QED) is 0.321. The Bertz CT molecular complexity index is 1450. The molecular weight excluding hydrogens is 450 g/mol. The Labute approximate surface area is 200 Å². The molecule has 0 aliphatic rings. The molecule has 2 aromatic carbocycles. The maximum absolute atomic E-state index is 13.0. The van der Waals surface area contributed by atoms with E-state index in [1.54, 1.807) is 55.9 Å². The topological polar surface area (TPSA) is 126 Å². The van der Waals surface area contributed by atoms with Gasteiger partial charge in [-0.1, -0.05) is 48.5 Å². The third-order valence-corrected chi connectivity index (χ3v) is 5.32. The molecule has 35 heavy (non-hydrogen) atoms. The van der Waals surface area contributed by atoms with E-state index in [2.05, 4.69) is 20.8 Å². The largest absolute Gasteiger partial charge is 0.451 e.